The zero-order valence-electron chi connectivity index (χ0n) is 8.20. The molecule has 0 radical (unpaired) electrons. The summed E-state index contributed by atoms with van der Waals surface area (Å²) in [7, 11) is -7.09. The van der Waals surface area contributed by atoms with Gasteiger partial charge in [-0.2, -0.15) is 0 Å². The van der Waals surface area contributed by atoms with Gasteiger partial charge in [-0.25, -0.2) is 0 Å². The standard InChI is InChI=1S/C6H13N5O3P2/c7-15(8,13)6-3-4(1-2-5(6)12)11-16(9,10)14/h1-3,12H,(H4,7,8,13)(H5,9,10,11,14). The Morgan fingerprint density at radius 2 is 1.69 bits per heavy atom. The zero-order valence-corrected chi connectivity index (χ0v) is 9.99. The molecule has 0 aliphatic heterocycles. The minimum absolute atomic E-state index is 0.147. The Labute approximate surface area is 92.0 Å². The fraction of sp³-hybridized carbons (Fsp3) is 0. The van der Waals surface area contributed by atoms with E-state index in [4.69, 9.17) is 22.0 Å². The summed E-state index contributed by atoms with van der Waals surface area (Å²) in [6.07, 6.45) is 0. The predicted octanol–water partition coefficient (Wildman–Crippen LogP) is -0.435. The third-order valence-corrected chi connectivity index (χ3v) is 3.37. The van der Waals surface area contributed by atoms with E-state index in [0.29, 0.717) is 0 Å². The zero-order chi connectivity index (χ0) is 12.6. The van der Waals surface area contributed by atoms with Gasteiger partial charge in [0.25, 0.3) is 7.59 Å². The summed E-state index contributed by atoms with van der Waals surface area (Å²) in [6.45, 7) is 0. The number of benzene rings is 1. The fourth-order valence-corrected chi connectivity index (χ4v) is 2.39. The lowest BCUT2D eigenvalue weighted by Gasteiger charge is -2.14. The van der Waals surface area contributed by atoms with Crippen LogP contribution in [0.4, 0.5) is 5.69 Å². The largest absolute Gasteiger partial charge is 0.507 e. The lowest BCUT2D eigenvalue weighted by molar-refractivity contribution is 0.479. The second-order valence-corrected chi connectivity index (χ2v) is 6.78. The van der Waals surface area contributed by atoms with Crippen molar-refractivity contribution < 1.29 is 14.2 Å². The van der Waals surface area contributed by atoms with Crippen LogP contribution in [0.25, 0.3) is 0 Å². The molecule has 0 fully saturated rings. The molecule has 0 aliphatic rings. The second kappa shape index (κ2) is 4.18. The smallest absolute Gasteiger partial charge is 0.298 e. The highest BCUT2D eigenvalue weighted by atomic mass is 31.2. The third kappa shape index (κ3) is 3.61. The average molecular weight is 265 g/mol. The molecule has 0 bridgehead atoms. The first-order valence-corrected chi connectivity index (χ1v) is 7.75. The molecule has 8 nitrogen and oxygen atoms in total. The Hall–Kier alpha value is -0.880. The number of aromatic hydroxyl groups is 1. The third-order valence-electron chi connectivity index (χ3n) is 1.66. The van der Waals surface area contributed by atoms with Gasteiger partial charge in [0.2, 0.25) is 7.44 Å². The molecule has 0 saturated carbocycles. The van der Waals surface area contributed by atoms with Crippen LogP contribution in [0.2, 0.25) is 0 Å². The molecule has 1 aromatic carbocycles. The molecule has 0 spiro atoms. The Kier molecular flexibility index (Phi) is 3.44. The molecule has 90 valence electrons. The highest BCUT2D eigenvalue weighted by Gasteiger charge is 2.19. The Morgan fingerprint density at radius 1 is 1.12 bits per heavy atom. The van der Waals surface area contributed by atoms with Crippen LogP contribution in [-0.2, 0) is 9.13 Å². The van der Waals surface area contributed by atoms with Gasteiger partial charge in [0, 0.05) is 5.69 Å². The van der Waals surface area contributed by atoms with Gasteiger partial charge in [0.05, 0.1) is 5.30 Å². The summed E-state index contributed by atoms with van der Waals surface area (Å²) in [4.78, 5) is 0. The van der Waals surface area contributed by atoms with Gasteiger partial charge in [-0.05, 0) is 18.2 Å². The molecule has 0 saturated heterocycles. The first-order valence-electron chi connectivity index (χ1n) is 4.06. The predicted molar refractivity (Wildman–Crippen MR) is 63.3 cm³/mol. The molecule has 0 unspecified atom stereocenters. The molecule has 1 aromatic rings. The quantitative estimate of drug-likeness (QED) is 0.315. The molecule has 0 aromatic heterocycles. The highest BCUT2D eigenvalue weighted by molar-refractivity contribution is 7.67. The monoisotopic (exact) mass is 265 g/mol. The van der Waals surface area contributed by atoms with Crippen LogP contribution in [0.1, 0.15) is 0 Å². The maximum atomic E-state index is 11.4. The molecule has 1 rings (SSSR count). The summed E-state index contributed by atoms with van der Waals surface area (Å²) in [6, 6.07) is 3.73. The van der Waals surface area contributed by atoms with Gasteiger partial charge >= 0.3 is 0 Å². The van der Waals surface area contributed by atoms with Crippen LogP contribution in [0.15, 0.2) is 18.2 Å². The summed E-state index contributed by atoms with van der Waals surface area (Å²) in [5, 5.41) is 11.5. The lowest BCUT2D eigenvalue weighted by Crippen LogP contribution is -2.20. The van der Waals surface area contributed by atoms with Crippen molar-refractivity contribution in [3.63, 3.8) is 0 Å². The van der Waals surface area contributed by atoms with Gasteiger partial charge < -0.3 is 10.2 Å². The number of rotatable bonds is 3. The van der Waals surface area contributed by atoms with E-state index in [1.165, 1.54) is 18.2 Å². The van der Waals surface area contributed by atoms with Gasteiger partial charge in [0.1, 0.15) is 5.75 Å². The molecule has 10 heteroatoms. The number of phenols is 1. The van der Waals surface area contributed by atoms with Crippen LogP contribution in [0.5, 0.6) is 5.75 Å². The minimum atomic E-state index is -3.61. The van der Waals surface area contributed by atoms with Gasteiger partial charge in [-0.1, -0.05) is 0 Å². The van der Waals surface area contributed by atoms with E-state index in [1.54, 1.807) is 0 Å². The summed E-state index contributed by atoms with van der Waals surface area (Å²) < 4.78 is 22.5. The maximum Gasteiger partial charge on any atom is 0.298 e. The van der Waals surface area contributed by atoms with Crippen LogP contribution in [0, 0.1) is 0 Å². The minimum Gasteiger partial charge on any atom is -0.507 e. The number of hydrogen-bond acceptors (Lipinski definition) is 3. The summed E-state index contributed by atoms with van der Waals surface area (Å²) in [5.41, 5.74) is 20.8. The van der Waals surface area contributed by atoms with Gasteiger partial charge in [-0.15, -0.1) is 0 Å². The van der Waals surface area contributed by atoms with Crippen molar-refractivity contribution in [2.24, 2.45) is 22.0 Å². The number of phenolic OH excluding ortho intramolecular Hbond substituents is 1. The van der Waals surface area contributed by atoms with E-state index in [2.05, 4.69) is 5.09 Å². The number of hydrogen-bond donors (Lipinski definition) is 6. The van der Waals surface area contributed by atoms with E-state index in [9.17, 15) is 14.2 Å². The Balaban J connectivity index is 3.19. The van der Waals surface area contributed by atoms with Crippen molar-refractivity contribution >= 4 is 26.0 Å². The van der Waals surface area contributed by atoms with Crippen molar-refractivity contribution in [2.45, 2.75) is 0 Å². The van der Waals surface area contributed by atoms with Crippen molar-refractivity contribution in [3.05, 3.63) is 18.2 Å². The Morgan fingerprint density at radius 3 is 2.12 bits per heavy atom. The van der Waals surface area contributed by atoms with Crippen molar-refractivity contribution in [2.75, 3.05) is 5.09 Å². The van der Waals surface area contributed by atoms with Crippen molar-refractivity contribution in [3.8, 4) is 5.75 Å². The van der Waals surface area contributed by atoms with E-state index in [-0.39, 0.29) is 16.7 Å². The summed E-state index contributed by atoms with van der Waals surface area (Å²) in [5.74, 6) is -0.317. The molecular formula is C6H13N5O3P2. The fourth-order valence-electron chi connectivity index (χ4n) is 1.07. The number of anilines is 1. The van der Waals surface area contributed by atoms with E-state index in [0.717, 1.165) is 0 Å². The van der Waals surface area contributed by atoms with Crippen LogP contribution >= 0.6 is 15.0 Å². The maximum absolute atomic E-state index is 11.4. The molecule has 0 amide bonds. The van der Waals surface area contributed by atoms with Crippen LogP contribution in [0.3, 0.4) is 0 Å². The second-order valence-electron chi connectivity index (χ2n) is 3.23. The molecule has 10 N–H and O–H groups in total. The average Bonchev–Trinajstić information content (AvgIpc) is 2.04. The molecule has 0 aliphatic carbocycles. The van der Waals surface area contributed by atoms with E-state index < -0.39 is 15.0 Å². The first-order chi connectivity index (χ1) is 7.09. The highest BCUT2D eigenvalue weighted by Crippen LogP contribution is 2.33. The van der Waals surface area contributed by atoms with Crippen LogP contribution in [-0.4, -0.2) is 5.11 Å². The molecule has 16 heavy (non-hydrogen) atoms. The summed E-state index contributed by atoms with van der Waals surface area (Å²) >= 11 is 0. The van der Waals surface area contributed by atoms with E-state index in [1.807, 2.05) is 0 Å². The van der Waals surface area contributed by atoms with Gasteiger partial charge in [-0.3, -0.25) is 31.1 Å². The molecule has 0 atom stereocenters. The SMILES string of the molecule is NP(N)(=O)Nc1ccc(O)c(P(N)(N)=O)c1. The normalized spacial score (nSPS) is 12.5. The van der Waals surface area contributed by atoms with E-state index >= 15 is 0 Å². The van der Waals surface area contributed by atoms with Gasteiger partial charge in [0.15, 0.2) is 0 Å². The topological polar surface area (TPSA) is 170 Å². The number of nitrogens with two attached hydrogens (primary N) is 4. The molecular weight excluding hydrogens is 252 g/mol. The first kappa shape index (κ1) is 13.2. The Bertz CT molecular complexity index is 493. The van der Waals surface area contributed by atoms with Crippen LogP contribution < -0.4 is 32.4 Å². The molecule has 0 heterocycles. The van der Waals surface area contributed by atoms with Crippen molar-refractivity contribution in [1.82, 2.24) is 0 Å². The lowest BCUT2D eigenvalue weighted by atomic mass is 10.3. The van der Waals surface area contributed by atoms with Crippen molar-refractivity contribution in [1.29, 1.82) is 0 Å². The number of nitrogens with one attached hydrogen (secondary N) is 1.